The number of hydrogen-bond donors (Lipinski definition) is 1. The lowest BCUT2D eigenvalue weighted by Gasteiger charge is -2.21. The molecule has 2 aromatic rings. The minimum Gasteiger partial charge on any atom is -0.343 e. The van der Waals surface area contributed by atoms with Crippen molar-refractivity contribution < 1.29 is 0 Å². The van der Waals surface area contributed by atoms with Crippen LogP contribution < -0.4 is 10.2 Å². The van der Waals surface area contributed by atoms with E-state index in [0.717, 1.165) is 22.9 Å². The molecule has 0 aliphatic carbocycles. The van der Waals surface area contributed by atoms with Gasteiger partial charge in [0.1, 0.15) is 0 Å². The minimum absolute atomic E-state index is 0.775. The first-order chi connectivity index (χ1) is 9.11. The summed E-state index contributed by atoms with van der Waals surface area (Å²) in [5.41, 5.74) is 4.59. The second-order valence-electron chi connectivity index (χ2n) is 4.71. The number of halogens is 1. The zero-order chi connectivity index (χ0) is 13.8. The van der Waals surface area contributed by atoms with Gasteiger partial charge in [-0.1, -0.05) is 29.8 Å². The quantitative estimate of drug-likeness (QED) is 0.902. The highest BCUT2D eigenvalue weighted by Crippen LogP contribution is 2.31. The van der Waals surface area contributed by atoms with Crippen LogP contribution in [0.1, 0.15) is 11.1 Å². The Labute approximate surface area is 120 Å². The van der Waals surface area contributed by atoms with Gasteiger partial charge in [-0.15, -0.1) is 0 Å². The van der Waals surface area contributed by atoms with Crippen LogP contribution in [0.25, 0.3) is 0 Å². The lowest BCUT2D eigenvalue weighted by Crippen LogP contribution is -2.11. The molecule has 0 saturated heterocycles. The molecular weight excluding hydrogens is 256 g/mol. The molecule has 100 valence electrons. The van der Waals surface area contributed by atoms with Crippen molar-refractivity contribution >= 4 is 23.0 Å². The van der Waals surface area contributed by atoms with E-state index in [2.05, 4.69) is 53.5 Å². The van der Waals surface area contributed by atoms with Crippen molar-refractivity contribution in [1.29, 1.82) is 0 Å². The van der Waals surface area contributed by atoms with E-state index in [0.29, 0.717) is 0 Å². The monoisotopic (exact) mass is 274 g/mol. The average molecular weight is 275 g/mol. The molecule has 0 atom stereocenters. The first-order valence-electron chi connectivity index (χ1n) is 6.35. The highest BCUT2D eigenvalue weighted by atomic mass is 35.5. The van der Waals surface area contributed by atoms with Gasteiger partial charge in [-0.2, -0.15) is 0 Å². The molecule has 0 aromatic heterocycles. The second kappa shape index (κ2) is 6.09. The Hall–Kier alpha value is -1.51. The molecule has 2 aromatic carbocycles. The number of nitrogens with one attached hydrogen (secondary N) is 1. The molecule has 0 radical (unpaired) electrons. The zero-order valence-corrected chi connectivity index (χ0v) is 12.3. The molecule has 2 nitrogen and oxygen atoms in total. The third-order valence-electron chi connectivity index (χ3n) is 3.14. The van der Waals surface area contributed by atoms with E-state index in [4.69, 9.17) is 11.6 Å². The van der Waals surface area contributed by atoms with Gasteiger partial charge in [0, 0.05) is 19.3 Å². The van der Waals surface area contributed by atoms with Gasteiger partial charge in [-0.25, -0.2) is 0 Å². The summed E-state index contributed by atoms with van der Waals surface area (Å²) in [7, 11) is 3.97. The van der Waals surface area contributed by atoms with Crippen molar-refractivity contribution in [3.63, 3.8) is 0 Å². The molecule has 0 amide bonds. The van der Waals surface area contributed by atoms with Gasteiger partial charge in [0.15, 0.2) is 0 Å². The van der Waals surface area contributed by atoms with E-state index >= 15 is 0 Å². The molecular formula is C16H19ClN2. The van der Waals surface area contributed by atoms with Crippen molar-refractivity contribution in [2.45, 2.75) is 13.5 Å². The molecule has 2 rings (SSSR count). The van der Waals surface area contributed by atoms with Crippen LogP contribution in [0.15, 0.2) is 42.5 Å². The predicted molar refractivity (Wildman–Crippen MR) is 83.5 cm³/mol. The van der Waals surface area contributed by atoms with Gasteiger partial charge in [0.05, 0.1) is 10.7 Å². The molecule has 19 heavy (non-hydrogen) atoms. The molecule has 0 bridgehead atoms. The van der Waals surface area contributed by atoms with Gasteiger partial charge in [0.25, 0.3) is 0 Å². The summed E-state index contributed by atoms with van der Waals surface area (Å²) < 4.78 is 0. The van der Waals surface area contributed by atoms with E-state index in [1.807, 2.05) is 20.2 Å². The molecule has 3 heteroatoms. The molecule has 1 N–H and O–H groups in total. The van der Waals surface area contributed by atoms with Crippen LogP contribution in [0.4, 0.5) is 11.4 Å². The highest BCUT2D eigenvalue weighted by Gasteiger charge is 2.08. The van der Waals surface area contributed by atoms with Crippen LogP contribution in [0, 0.1) is 6.92 Å². The van der Waals surface area contributed by atoms with Crippen LogP contribution >= 0.6 is 11.6 Å². The summed E-state index contributed by atoms with van der Waals surface area (Å²) in [6, 6.07) is 14.6. The maximum atomic E-state index is 6.38. The normalized spacial score (nSPS) is 10.5. The van der Waals surface area contributed by atoms with Crippen molar-refractivity contribution in [3.05, 3.63) is 58.6 Å². The number of aryl methyl sites for hydroxylation is 1. The highest BCUT2D eigenvalue weighted by molar-refractivity contribution is 6.33. The maximum Gasteiger partial charge on any atom is 0.0646 e. The third-order valence-corrected chi connectivity index (χ3v) is 3.45. The Morgan fingerprint density at radius 1 is 1.16 bits per heavy atom. The largest absolute Gasteiger partial charge is 0.343 e. The van der Waals surface area contributed by atoms with Gasteiger partial charge >= 0.3 is 0 Å². The standard InChI is InChI=1S/C16H19ClN2/c1-12-5-4-6-14(9-12)19(3)16-8-7-13(11-18-2)10-15(16)17/h4-10,18H,11H2,1-3H3. The Kier molecular flexibility index (Phi) is 4.46. The molecule has 0 aliphatic rings. The summed E-state index contributed by atoms with van der Waals surface area (Å²) in [5.74, 6) is 0. The fourth-order valence-corrected chi connectivity index (χ4v) is 2.44. The summed E-state index contributed by atoms with van der Waals surface area (Å²) in [5, 5.41) is 3.90. The maximum absolute atomic E-state index is 6.38. The molecule has 0 fully saturated rings. The Morgan fingerprint density at radius 3 is 2.58 bits per heavy atom. The fraction of sp³-hybridized carbons (Fsp3) is 0.250. The number of benzene rings is 2. The number of rotatable bonds is 4. The van der Waals surface area contributed by atoms with Gasteiger partial charge < -0.3 is 10.2 Å². The van der Waals surface area contributed by atoms with Gasteiger partial charge in [-0.3, -0.25) is 0 Å². The van der Waals surface area contributed by atoms with Crippen LogP contribution in [-0.4, -0.2) is 14.1 Å². The van der Waals surface area contributed by atoms with Gasteiger partial charge in [0.2, 0.25) is 0 Å². The van der Waals surface area contributed by atoms with E-state index in [-0.39, 0.29) is 0 Å². The molecule has 0 spiro atoms. The molecule has 0 aliphatic heterocycles. The Morgan fingerprint density at radius 2 is 1.95 bits per heavy atom. The first-order valence-corrected chi connectivity index (χ1v) is 6.73. The van der Waals surface area contributed by atoms with Crippen LogP contribution in [0.3, 0.4) is 0 Å². The van der Waals surface area contributed by atoms with Crippen molar-refractivity contribution in [2.75, 3.05) is 19.0 Å². The summed E-state index contributed by atoms with van der Waals surface area (Å²) in [6.07, 6.45) is 0. The first kappa shape index (κ1) is 13.9. The van der Waals surface area contributed by atoms with E-state index < -0.39 is 0 Å². The number of nitrogens with zero attached hydrogens (tertiary/aromatic N) is 1. The summed E-state index contributed by atoms with van der Waals surface area (Å²) >= 11 is 6.38. The summed E-state index contributed by atoms with van der Waals surface area (Å²) in [4.78, 5) is 2.11. The van der Waals surface area contributed by atoms with E-state index in [1.165, 1.54) is 11.1 Å². The molecule has 0 heterocycles. The Balaban J connectivity index is 2.31. The Bertz CT molecular complexity index is 566. The average Bonchev–Trinajstić information content (AvgIpc) is 2.38. The van der Waals surface area contributed by atoms with E-state index in [1.54, 1.807) is 0 Å². The lowest BCUT2D eigenvalue weighted by atomic mass is 10.1. The smallest absolute Gasteiger partial charge is 0.0646 e. The minimum atomic E-state index is 0.775. The lowest BCUT2D eigenvalue weighted by molar-refractivity contribution is 0.818. The zero-order valence-electron chi connectivity index (χ0n) is 11.6. The molecule has 0 unspecified atom stereocenters. The SMILES string of the molecule is CNCc1ccc(N(C)c2cccc(C)c2)c(Cl)c1. The van der Waals surface area contributed by atoms with Crippen molar-refractivity contribution in [2.24, 2.45) is 0 Å². The van der Waals surface area contributed by atoms with Gasteiger partial charge in [-0.05, 0) is 49.4 Å². The van der Waals surface area contributed by atoms with Crippen molar-refractivity contribution in [1.82, 2.24) is 5.32 Å². The topological polar surface area (TPSA) is 15.3 Å². The summed E-state index contributed by atoms with van der Waals surface area (Å²) in [6.45, 7) is 2.92. The second-order valence-corrected chi connectivity index (χ2v) is 5.12. The van der Waals surface area contributed by atoms with Crippen LogP contribution in [0.2, 0.25) is 5.02 Å². The fourth-order valence-electron chi connectivity index (χ4n) is 2.11. The number of anilines is 2. The number of hydrogen-bond acceptors (Lipinski definition) is 2. The predicted octanol–water partition coefficient (Wildman–Crippen LogP) is 4.14. The third kappa shape index (κ3) is 3.28. The van der Waals surface area contributed by atoms with Crippen LogP contribution in [0.5, 0.6) is 0 Å². The van der Waals surface area contributed by atoms with Crippen LogP contribution in [-0.2, 0) is 6.54 Å². The van der Waals surface area contributed by atoms with Crippen molar-refractivity contribution in [3.8, 4) is 0 Å². The molecule has 0 saturated carbocycles. The van der Waals surface area contributed by atoms with E-state index in [9.17, 15) is 0 Å².